The molecule has 1 atom stereocenters. The molecule has 5 heteroatoms. The Morgan fingerprint density at radius 1 is 1.09 bits per heavy atom. The van der Waals surface area contributed by atoms with Gasteiger partial charge in [-0.1, -0.05) is 23.7 Å². The van der Waals surface area contributed by atoms with Crippen LogP contribution in [0.2, 0.25) is 5.02 Å². The van der Waals surface area contributed by atoms with Crippen LogP contribution in [0.3, 0.4) is 0 Å². The molecule has 23 heavy (non-hydrogen) atoms. The summed E-state index contributed by atoms with van der Waals surface area (Å²) >= 11 is 5.82. The van der Waals surface area contributed by atoms with E-state index >= 15 is 0 Å². The van der Waals surface area contributed by atoms with Gasteiger partial charge in [0.25, 0.3) is 5.91 Å². The molecule has 0 saturated carbocycles. The fourth-order valence-electron chi connectivity index (χ4n) is 2.10. The van der Waals surface area contributed by atoms with Gasteiger partial charge in [-0.25, -0.2) is 0 Å². The van der Waals surface area contributed by atoms with Crippen molar-refractivity contribution in [2.75, 3.05) is 20.8 Å². The Morgan fingerprint density at radius 2 is 1.65 bits per heavy atom. The van der Waals surface area contributed by atoms with Gasteiger partial charge in [-0.3, -0.25) is 4.79 Å². The Morgan fingerprint density at radius 3 is 2.22 bits per heavy atom. The van der Waals surface area contributed by atoms with Crippen LogP contribution in [0.5, 0.6) is 11.5 Å². The van der Waals surface area contributed by atoms with E-state index in [1.54, 1.807) is 43.3 Å². The minimum Gasteiger partial charge on any atom is -0.497 e. The lowest BCUT2D eigenvalue weighted by molar-refractivity contribution is -0.134. The number of hydrogen-bond acceptors (Lipinski definition) is 3. The van der Waals surface area contributed by atoms with Gasteiger partial charge < -0.3 is 14.4 Å². The molecule has 2 aromatic rings. The first-order valence-electron chi connectivity index (χ1n) is 7.29. The molecular weight excluding hydrogens is 314 g/mol. The van der Waals surface area contributed by atoms with E-state index in [1.165, 1.54) is 0 Å². The minimum atomic E-state index is -0.0942. The largest absolute Gasteiger partial charge is 0.497 e. The van der Waals surface area contributed by atoms with Crippen molar-refractivity contribution in [3.05, 3.63) is 59.1 Å². The summed E-state index contributed by atoms with van der Waals surface area (Å²) in [6.45, 7) is 1.96. The maximum atomic E-state index is 12.3. The number of rotatable bonds is 6. The van der Waals surface area contributed by atoms with Crippen molar-refractivity contribution >= 4 is 17.5 Å². The number of methoxy groups -OCH3 is 1. The van der Waals surface area contributed by atoms with E-state index in [0.29, 0.717) is 10.8 Å². The van der Waals surface area contributed by atoms with Gasteiger partial charge in [0.05, 0.1) is 13.2 Å². The molecule has 1 unspecified atom stereocenters. The predicted molar refractivity (Wildman–Crippen MR) is 91.1 cm³/mol. The number of benzene rings is 2. The first kappa shape index (κ1) is 17.2. The van der Waals surface area contributed by atoms with Crippen LogP contribution in [0.15, 0.2) is 48.5 Å². The van der Waals surface area contributed by atoms with Crippen molar-refractivity contribution in [2.45, 2.75) is 13.0 Å². The molecule has 122 valence electrons. The predicted octanol–water partition coefficient (Wildman–Crippen LogP) is 3.95. The normalized spacial score (nSPS) is 11.7. The van der Waals surface area contributed by atoms with Crippen LogP contribution < -0.4 is 9.47 Å². The Kier molecular flexibility index (Phi) is 5.88. The summed E-state index contributed by atoms with van der Waals surface area (Å²) in [6, 6.07) is 14.5. The SMILES string of the molecule is COc1ccc(C(C)N(C)C(=O)COc2ccc(Cl)cc2)cc1. The van der Waals surface area contributed by atoms with E-state index in [4.69, 9.17) is 21.1 Å². The van der Waals surface area contributed by atoms with E-state index in [9.17, 15) is 4.79 Å². The van der Waals surface area contributed by atoms with Crippen molar-refractivity contribution in [2.24, 2.45) is 0 Å². The second-order valence-electron chi connectivity index (χ2n) is 5.20. The number of halogens is 1. The summed E-state index contributed by atoms with van der Waals surface area (Å²) in [4.78, 5) is 13.9. The van der Waals surface area contributed by atoms with Crippen molar-refractivity contribution < 1.29 is 14.3 Å². The quantitative estimate of drug-likeness (QED) is 0.803. The molecule has 0 heterocycles. The monoisotopic (exact) mass is 333 g/mol. The van der Waals surface area contributed by atoms with E-state index in [1.807, 2.05) is 31.2 Å². The molecule has 0 aliphatic heterocycles. The number of nitrogens with zero attached hydrogens (tertiary/aromatic N) is 1. The average Bonchev–Trinajstić information content (AvgIpc) is 2.59. The van der Waals surface area contributed by atoms with Gasteiger partial charge in [-0.15, -0.1) is 0 Å². The Labute approximate surface area is 141 Å². The molecule has 4 nitrogen and oxygen atoms in total. The average molecular weight is 334 g/mol. The molecule has 0 fully saturated rings. The number of amides is 1. The molecule has 0 bridgehead atoms. The van der Waals surface area contributed by atoms with E-state index in [0.717, 1.165) is 11.3 Å². The molecule has 2 rings (SSSR count). The first-order chi connectivity index (χ1) is 11.0. The molecule has 0 saturated heterocycles. The van der Waals surface area contributed by atoms with Crippen molar-refractivity contribution in [3.63, 3.8) is 0 Å². The zero-order valence-corrected chi connectivity index (χ0v) is 14.2. The summed E-state index contributed by atoms with van der Waals surface area (Å²) in [5, 5.41) is 0.633. The van der Waals surface area contributed by atoms with Gasteiger partial charge in [-0.2, -0.15) is 0 Å². The van der Waals surface area contributed by atoms with Gasteiger partial charge in [0, 0.05) is 12.1 Å². The van der Waals surface area contributed by atoms with E-state index in [-0.39, 0.29) is 18.6 Å². The van der Waals surface area contributed by atoms with Gasteiger partial charge in [0.15, 0.2) is 6.61 Å². The van der Waals surface area contributed by atoms with Gasteiger partial charge in [0.1, 0.15) is 11.5 Å². The zero-order valence-electron chi connectivity index (χ0n) is 13.5. The molecule has 0 aromatic heterocycles. The minimum absolute atomic E-state index is 0.0153. The fourth-order valence-corrected chi connectivity index (χ4v) is 2.23. The molecule has 0 spiro atoms. The van der Waals surface area contributed by atoms with Crippen LogP contribution in [-0.4, -0.2) is 31.6 Å². The highest BCUT2D eigenvalue weighted by atomic mass is 35.5. The van der Waals surface area contributed by atoms with Crippen molar-refractivity contribution in [3.8, 4) is 11.5 Å². The highest BCUT2D eigenvalue weighted by molar-refractivity contribution is 6.30. The summed E-state index contributed by atoms with van der Waals surface area (Å²) in [5.41, 5.74) is 1.04. The highest BCUT2D eigenvalue weighted by Crippen LogP contribution is 2.22. The number of carbonyl (C=O) groups excluding carboxylic acids is 1. The third-order valence-electron chi connectivity index (χ3n) is 3.75. The molecule has 0 aliphatic rings. The van der Waals surface area contributed by atoms with E-state index in [2.05, 4.69) is 0 Å². The van der Waals surface area contributed by atoms with Crippen LogP contribution in [0.25, 0.3) is 0 Å². The maximum absolute atomic E-state index is 12.3. The molecule has 1 amide bonds. The first-order valence-corrected chi connectivity index (χ1v) is 7.67. The van der Waals surface area contributed by atoms with Crippen molar-refractivity contribution in [1.29, 1.82) is 0 Å². The molecule has 0 N–H and O–H groups in total. The van der Waals surface area contributed by atoms with Gasteiger partial charge >= 0.3 is 0 Å². The number of ether oxygens (including phenoxy) is 2. The summed E-state index contributed by atoms with van der Waals surface area (Å²) in [7, 11) is 3.39. The second kappa shape index (κ2) is 7.88. The van der Waals surface area contributed by atoms with Gasteiger partial charge in [-0.05, 0) is 48.9 Å². The number of hydrogen-bond donors (Lipinski definition) is 0. The molecule has 0 aliphatic carbocycles. The summed E-state index contributed by atoms with van der Waals surface area (Å²) in [6.07, 6.45) is 0. The van der Waals surface area contributed by atoms with Crippen LogP contribution in [0.1, 0.15) is 18.5 Å². The smallest absolute Gasteiger partial charge is 0.260 e. The third kappa shape index (κ3) is 4.63. The molecule has 0 radical (unpaired) electrons. The number of likely N-dealkylation sites (N-methyl/N-ethyl adjacent to an activating group) is 1. The lowest BCUT2D eigenvalue weighted by Crippen LogP contribution is -2.33. The van der Waals surface area contributed by atoms with Crippen LogP contribution >= 0.6 is 11.6 Å². The lowest BCUT2D eigenvalue weighted by Gasteiger charge is -2.25. The lowest BCUT2D eigenvalue weighted by atomic mass is 10.1. The third-order valence-corrected chi connectivity index (χ3v) is 4.00. The van der Waals surface area contributed by atoms with Crippen LogP contribution in [0, 0.1) is 0 Å². The van der Waals surface area contributed by atoms with Crippen molar-refractivity contribution in [1.82, 2.24) is 4.90 Å². The standard InChI is InChI=1S/C18H20ClNO3/c1-13(14-4-8-16(22-3)9-5-14)20(2)18(21)12-23-17-10-6-15(19)7-11-17/h4-11,13H,12H2,1-3H3. The van der Waals surface area contributed by atoms with Gasteiger partial charge in [0.2, 0.25) is 0 Å². The number of carbonyl (C=O) groups is 1. The zero-order chi connectivity index (χ0) is 16.8. The topological polar surface area (TPSA) is 38.8 Å². The maximum Gasteiger partial charge on any atom is 0.260 e. The van der Waals surface area contributed by atoms with Crippen LogP contribution in [-0.2, 0) is 4.79 Å². The summed E-state index contributed by atoms with van der Waals surface area (Å²) in [5.74, 6) is 1.32. The molecule has 2 aromatic carbocycles. The Bertz CT molecular complexity index is 640. The fraction of sp³-hybridized carbons (Fsp3) is 0.278. The second-order valence-corrected chi connectivity index (χ2v) is 5.63. The van der Waals surface area contributed by atoms with E-state index < -0.39 is 0 Å². The summed E-state index contributed by atoms with van der Waals surface area (Å²) < 4.78 is 10.6. The van der Waals surface area contributed by atoms with Crippen LogP contribution in [0.4, 0.5) is 0 Å². The Hall–Kier alpha value is -2.20. The molecular formula is C18H20ClNO3. The highest BCUT2D eigenvalue weighted by Gasteiger charge is 2.18. The Balaban J connectivity index is 1.93.